The number of hydrogen-bond donors (Lipinski definition) is 3. The minimum Gasteiger partial charge on any atom is -0.484 e. The molecule has 0 radical (unpaired) electrons. The summed E-state index contributed by atoms with van der Waals surface area (Å²) in [5, 5.41) is 3.37. The summed E-state index contributed by atoms with van der Waals surface area (Å²) in [4.78, 5) is 11.6. The number of hydrazine groups is 1. The van der Waals surface area contributed by atoms with Crippen LogP contribution in [0, 0.1) is 0 Å². The maximum absolute atomic E-state index is 11.6. The predicted octanol–water partition coefficient (Wildman–Crippen LogP) is 2.12. The van der Waals surface area contributed by atoms with Gasteiger partial charge in [0, 0.05) is 10.0 Å². The van der Waals surface area contributed by atoms with Crippen LogP contribution in [0.25, 0.3) is 0 Å². The Morgan fingerprint density at radius 3 is 2.65 bits per heavy atom. The zero-order chi connectivity index (χ0) is 15.2. The van der Waals surface area contributed by atoms with E-state index in [0.717, 1.165) is 4.47 Å². The number of carbonyl (C=O) groups excluding carboxylic acids is 1. The molecule has 0 fully saturated rings. The average molecular weight is 360 g/mol. The Kier molecular flexibility index (Phi) is 6.22. The van der Waals surface area contributed by atoms with Gasteiger partial charge in [0.25, 0.3) is 5.91 Å². The summed E-state index contributed by atoms with van der Waals surface area (Å²) in [6.45, 7) is 5.82. The van der Waals surface area contributed by atoms with E-state index in [1.54, 1.807) is 12.1 Å². The Morgan fingerprint density at radius 1 is 1.35 bits per heavy atom. The number of thiocarbonyl (C=S) groups is 1. The molecule has 5 nitrogen and oxygen atoms in total. The van der Waals surface area contributed by atoms with Crippen LogP contribution in [0.2, 0.25) is 0 Å². The van der Waals surface area contributed by atoms with Crippen LogP contribution >= 0.6 is 28.1 Å². The highest BCUT2D eigenvalue weighted by molar-refractivity contribution is 9.10. The lowest BCUT2D eigenvalue weighted by Crippen LogP contribution is -2.52. The number of amides is 1. The van der Waals surface area contributed by atoms with Gasteiger partial charge >= 0.3 is 0 Å². The first kappa shape index (κ1) is 16.7. The molecule has 0 aliphatic carbocycles. The van der Waals surface area contributed by atoms with E-state index in [9.17, 15) is 4.79 Å². The monoisotopic (exact) mass is 359 g/mol. The van der Waals surface area contributed by atoms with Gasteiger partial charge in [0.05, 0.1) is 0 Å². The van der Waals surface area contributed by atoms with Crippen molar-refractivity contribution < 1.29 is 9.53 Å². The highest BCUT2D eigenvalue weighted by atomic mass is 79.9. The van der Waals surface area contributed by atoms with Crippen LogP contribution in [0.3, 0.4) is 0 Å². The second kappa shape index (κ2) is 7.44. The van der Waals surface area contributed by atoms with E-state index in [1.807, 2.05) is 32.9 Å². The van der Waals surface area contributed by atoms with Crippen LogP contribution in [0.1, 0.15) is 20.8 Å². The number of benzene rings is 1. The van der Waals surface area contributed by atoms with E-state index in [-0.39, 0.29) is 18.1 Å². The molecule has 0 spiro atoms. The Morgan fingerprint density at radius 2 is 2.05 bits per heavy atom. The molecular formula is C13H18BrN3O2S. The lowest BCUT2D eigenvalue weighted by atomic mass is 10.1. The van der Waals surface area contributed by atoms with Crippen LogP contribution < -0.4 is 20.9 Å². The van der Waals surface area contributed by atoms with E-state index in [4.69, 9.17) is 17.0 Å². The molecule has 110 valence electrons. The summed E-state index contributed by atoms with van der Waals surface area (Å²) in [7, 11) is 0. The second-order valence-corrected chi connectivity index (χ2v) is 6.45. The van der Waals surface area contributed by atoms with Gasteiger partial charge in [-0.05, 0) is 51.2 Å². The maximum atomic E-state index is 11.6. The van der Waals surface area contributed by atoms with Crippen molar-refractivity contribution in [2.45, 2.75) is 26.3 Å². The number of nitrogens with one attached hydrogen (secondary N) is 3. The summed E-state index contributed by atoms with van der Waals surface area (Å²) in [5.74, 6) is 0.299. The minimum atomic E-state index is -0.317. The van der Waals surface area contributed by atoms with Crippen molar-refractivity contribution in [2.75, 3.05) is 6.61 Å². The summed E-state index contributed by atoms with van der Waals surface area (Å²) in [5.41, 5.74) is 4.91. The first-order chi connectivity index (χ1) is 9.26. The molecule has 1 aromatic rings. The fraction of sp³-hybridized carbons (Fsp3) is 0.385. The molecule has 1 rings (SSSR count). The largest absolute Gasteiger partial charge is 0.484 e. The van der Waals surface area contributed by atoms with Crippen LogP contribution in [-0.2, 0) is 4.79 Å². The van der Waals surface area contributed by atoms with Crippen molar-refractivity contribution in [3.63, 3.8) is 0 Å². The van der Waals surface area contributed by atoms with Gasteiger partial charge in [0.2, 0.25) is 0 Å². The first-order valence-electron chi connectivity index (χ1n) is 6.01. The molecule has 0 aliphatic rings. The molecule has 0 heterocycles. The number of rotatable bonds is 3. The Labute approximate surface area is 132 Å². The van der Waals surface area contributed by atoms with Crippen molar-refractivity contribution in [3.8, 4) is 5.75 Å². The molecule has 0 bridgehead atoms. The van der Waals surface area contributed by atoms with E-state index in [0.29, 0.717) is 10.9 Å². The van der Waals surface area contributed by atoms with E-state index < -0.39 is 0 Å². The maximum Gasteiger partial charge on any atom is 0.276 e. The number of halogens is 1. The van der Waals surface area contributed by atoms with Gasteiger partial charge < -0.3 is 10.1 Å². The summed E-state index contributed by atoms with van der Waals surface area (Å²) in [6.07, 6.45) is 0. The SMILES string of the molecule is CC(C)(C)NC(=S)NNC(=O)COc1cccc(Br)c1. The van der Waals surface area contributed by atoms with Crippen molar-refractivity contribution >= 4 is 39.2 Å². The topological polar surface area (TPSA) is 62.4 Å². The van der Waals surface area contributed by atoms with Gasteiger partial charge in [-0.3, -0.25) is 15.6 Å². The minimum absolute atomic E-state index is 0.0957. The highest BCUT2D eigenvalue weighted by Crippen LogP contribution is 2.17. The molecule has 0 aliphatic heterocycles. The molecule has 0 saturated heterocycles. The lowest BCUT2D eigenvalue weighted by Gasteiger charge is -2.23. The molecule has 3 N–H and O–H groups in total. The van der Waals surface area contributed by atoms with E-state index in [2.05, 4.69) is 32.1 Å². The number of hydrogen-bond acceptors (Lipinski definition) is 3. The third kappa shape index (κ3) is 7.30. The zero-order valence-electron chi connectivity index (χ0n) is 11.6. The van der Waals surface area contributed by atoms with Gasteiger partial charge in [0.1, 0.15) is 5.75 Å². The van der Waals surface area contributed by atoms with Gasteiger partial charge in [-0.1, -0.05) is 22.0 Å². The van der Waals surface area contributed by atoms with E-state index >= 15 is 0 Å². The van der Waals surface area contributed by atoms with Crippen molar-refractivity contribution in [1.29, 1.82) is 0 Å². The normalized spacial score (nSPS) is 10.6. The van der Waals surface area contributed by atoms with E-state index in [1.165, 1.54) is 0 Å². The lowest BCUT2D eigenvalue weighted by molar-refractivity contribution is -0.123. The van der Waals surface area contributed by atoms with Gasteiger partial charge in [-0.2, -0.15) is 0 Å². The number of ether oxygens (including phenoxy) is 1. The quantitative estimate of drug-likeness (QED) is 0.569. The molecule has 7 heteroatoms. The third-order valence-electron chi connectivity index (χ3n) is 1.97. The van der Waals surface area contributed by atoms with Crippen molar-refractivity contribution in [3.05, 3.63) is 28.7 Å². The van der Waals surface area contributed by atoms with Crippen LogP contribution in [-0.4, -0.2) is 23.2 Å². The average Bonchev–Trinajstić information content (AvgIpc) is 2.32. The fourth-order valence-corrected chi connectivity index (χ4v) is 1.98. The summed E-state index contributed by atoms with van der Waals surface area (Å²) < 4.78 is 6.23. The molecular weight excluding hydrogens is 342 g/mol. The molecule has 20 heavy (non-hydrogen) atoms. The van der Waals surface area contributed by atoms with Gasteiger partial charge in [0.15, 0.2) is 11.7 Å². The molecule has 0 aromatic heterocycles. The molecule has 1 aromatic carbocycles. The molecule has 0 saturated carbocycles. The van der Waals surface area contributed by atoms with Crippen LogP contribution in [0.15, 0.2) is 28.7 Å². The Balaban J connectivity index is 2.29. The second-order valence-electron chi connectivity index (χ2n) is 5.12. The van der Waals surface area contributed by atoms with Gasteiger partial charge in [-0.25, -0.2) is 0 Å². The van der Waals surface area contributed by atoms with Crippen LogP contribution in [0.4, 0.5) is 0 Å². The molecule has 0 atom stereocenters. The van der Waals surface area contributed by atoms with Gasteiger partial charge in [-0.15, -0.1) is 0 Å². The first-order valence-corrected chi connectivity index (χ1v) is 7.22. The zero-order valence-corrected chi connectivity index (χ0v) is 14.0. The Bertz CT molecular complexity index is 489. The summed E-state index contributed by atoms with van der Waals surface area (Å²) >= 11 is 8.36. The molecule has 1 amide bonds. The van der Waals surface area contributed by atoms with Crippen molar-refractivity contribution in [2.24, 2.45) is 0 Å². The predicted molar refractivity (Wildman–Crippen MR) is 86.4 cm³/mol. The standard InChI is InChI=1S/C13H18BrN3O2S/c1-13(2,3)15-12(20)17-16-11(18)8-19-10-6-4-5-9(14)7-10/h4-7H,8H2,1-3H3,(H,16,18)(H2,15,17,20). The van der Waals surface area contributed by atoms with Crippen molar-refractivity contribution in [1.82, 2.24) is 16.2 Å². The highest BCUT2D eigenvalue weighted by Gasteiger charge is 2.11. The van der Waals surface area contributed by atoms with Crippen LogP contribution in [0.5, 0.6) is 5.75 Å². The molecule has 0 unspecified atom stereocenters. The third-order valence-corrected chi connectivity index (χ3v) is 2.67. The number of carbonyl (C=O) groups is 1. The summed E-state index contributed by atoms with van der Waals surface area (Å²) in [6, 6.07) is 7.27. The smallest absolute Gasteiger partial charge is 0.276 e. The fourth-order valence-electron chi connectivity index (χ4n) is 1.24. The Hall–Kier alpha value is -1.34.